The van der Waals surface area contributed by atoms with Crippen molar-refractivity contribution < 1.29 is 24.2 Å². The summed E-state index contributed by atoms with van der Waals surface area (Å²) in [5.74, 6) is 3.44. The van der Waals surface area contributed by atoms with E-state index < -0.39 is 0 Å². The van der Waals surface area contributed by atoms with Crippen LogP contribution in [-0.2, 0) is 14.2 Å². The molecule has 26 heavy (non-hydrogen) atoms. The van der Waals surface area contributed by atoms with Crippen LogP contribution in [0.25, 0.3) is 0 Å². The van der Waals surface area contributed by atoms with Gasteiger partial charge in [-0.3, -0.25) is 0 Å². The van der Waals surface area contributed by atoms with Crippen molar-refractivity contribution >= 4 is 0 Å². The fourth-order valence-electron chi connectivity index (χ4n) is 7.44. The fourth-order valence-corrected chi connectivity index (χ4v) is 7.44. The Balaban J connectivity index is 1.56. The lowest BCUT2D eigenvalue weighted by Gasteiger charge is -2.57. The van der Waals surface area contributed by atoms with Gasteiger partial charge in [0.1, 0.15) is 0 Å². The van der Waals surface area contributed by atoms with Crippen LogP contribution in [0.3, 0.4) is 0 Å². The molecule has 2 saturated heterocycles. The van der Waals surface area contributed by atoms with Crippen molar-refractivity contribution in [3.8, 4) is 0 Å². The third-order valence-corrected chi connectivity index (χ3v) is 8.59. The summed E-state index contributed by atoms with van der Waals surface area (Å²) in [6.45, 7) is 4.97. The SMILES string of the molecule is COC1CC2C(CC[NH+]3CC4C(CCC(OC)C4OC)C(C)C23)CC1O. The number of hydrogen-bond acceptors (Lipinski definition) is 4. The Labute approximate surface area is 158 Å². The highest BCUT2D eigenvalue weighted by atomic mass is 16.5. The molecule has 11 atom stereocenters. The molecule has 0 aromatic rings. The Morgan fingerprint density at radius 1 is 0.846 bits per heavy atom. The second-order valence-corrected chi connectivity index (χ2v) is 9.40. The predicted octanol–water partition coefficient (Wildman–Crippen LogP) is 0.752. The lowest BCUT2D eigenvalue weighted by Crippen LogP contribution is -3.21. The zero-order chi connectivity index (χ0) is 18.4. The molecule has 11 unspecified atom stereocenters. The van der Waals surface area contributed by atoms with Crippen molar-refractivity contribution in [2.24, 2.45) is 29.6 Å². The minimum atomic E-state index is -0.274. The van der Waals surface area contributed by atoms with Gasteiger partial charge in [0.2, 0.25) is 0 Å². The van der Waals surface area contributed by atoms with E-state index in [0.717, 1.165) is 31.2 Å². The van der Waals surface area contributed by atoms with Crippen LogP contribution in [0.1, 0.15) is 39.0 Å². The zero-order valence-electron chi connectivity index (χ0n) is 16.9. The summed E-state index contributed by atoms with van der Waals surface area (Å²) in [5, 5.41) is 10.4. The van der Waals surface area contributed by atoms with E-state index in [0.29, 0.717) is 23.7 Å². The van der Waals surface area contributed by atoms with Gasteiger partial charge in [0.05, 0.1) is 43.5 Å². The molecule has 0 bridgehead atoms. The normalized spacial score (nSPS) is 54.1. The molecule has 0 radical (unpaired) electrons. The van der Waals surface area contributed by atoms with Crippen molar-refractivity contribution in [1.29, 1.82) is 0 Å². The van der Waals surface area contributed by atoms with Gasteiger partial charge in [-0.25, -0.2) is 0 Å². The third-order valence-electron chi connectivity index (χ3n) is 8.59. The molecule has 150 valence electrons. The highest BCUT2D eigenvalue weighted by molar-refractivity contribution is 5.00. The number of fused-ring (bicyclic) bond motifs is 4. The average molecular weight is 369 g/mol. The van der Waals surface area contributed by atoms with E-state index >= 15 is 0 Å². The molecular formula is C21H38NO4+. The van der Waals surface area contributed by atoms with Gasteiger partial charge >= 0.3 is 0 Å². The number of piperidine rings is 2. The first-order valence-electron chi connectivity index (χ1n) is 10.7. The molecule has 2 aliphatic heterocycles. The summed E-state index contributed by atoms with van der Waals surface area (Å²) in [7, 11) is 5.46. The van der Waals surface area contributed by atoms with Crippen LogP contribution in [0, 0.1) is 29.6 Å². The van der Waals surface area contributed by atoms with Crippen LogP contribution in [0.2, 0.25) is 0 Å². The van der Waals surface area contributed by atoms with E-state index in [-0.39, 0.29) is 24.4 Å². The van der Waals surface area contributed by atoms with E-state index in [1.165, 1.54) is 25.9 Å². The van der Waals surface area contributed by atoms with E-state index in [1.54, 1.807) is 12.0 Å². The first kappa shape index (κ1) is 19.1. The molecule has 0 amide bonds. The Morgan fingerprint density at radius 3 is 2.31 bits per heavy atom. The number of nitrogens with one attached hydrogen (secondary N) is 1. The molecule has 2 heterocycles. The molecule has 2 aliphatic carbocycles. The average Bonchev–Trinajstić information content (AvgIpc) is 2.66. The molecule has 5 nitrogen and oxygen atoms in total. The molecule has 2 N–H and O–H groups in total. The van der Waals surface area contributed by atoms with Gasteiger partial charge in [-0.1, -0.05) is 6.92 Å². The maximum Gasteiger partial charge on any atom is 0.0935 e. The monoisotopic (exact) mass is 368 g/mol. The lowest BCUT2D eigenvalue weighted by atomic mass is 9.58. The molecule has 4 aliphatic rings. The summed E-state index contributed by atoms with van der Waals surface area (Å²) < 4.78 is 17.4. The maximum atomic E-state index is 10.4. The second-order valence-electron chi connectivity index (χ2n) is 9.40. The fraction of sp³-hybridized carbons (Fsp3) is 1.00. The molecule has 4 fully saturated rings. The maximum absolute atomic E-state index is 10.4. The smallest absolute Gasteiger partial charge is 0.0935 e. The first-order chi connectivity index (χ1) is 12.6. The predicted molar refractivity (Wildman–Crippen MR) is 99.1 cm³/mol. The van der Waals surface area contributed by atoms with Gasteiger partial charge in [0, 0.05) is 39.1 Å². The van der Waals surface area contributed by atoms with Crippen molar-refractivity contribution in [3.05, 3.63) is 0 Å². The molecule has 0 spiro atoms. The van der Waals surface area contributed by atoms with E-state index in [2.05, 4.69) is 6.92 Å². The largest absolute Gasteiger partial charge is 0.390 e. The quantitative estimate of drug-likeness (QED) is 0.772. The van der Waals surface area contributed by atoms with E-state index in [1.807, 2.05) is 14.2 Å². The molecular weight excluding hydrogens is 330 g/mol. The van der Waals surface area contributed by atoms with Crippen LogP contribution in [0.4, 0.5) is 0 Å². The zero-order valence-corrected chi connectivity index (χ0v) is 16.9. The Bertz CT molecular complexity index is 489. The number of rotatable bonds is 3. The minimum absolute atomic E-state index is 0.0245. The number of methoxy groups -OCH3 is 3. The third kappa shape index (κ3) is 3.04. The molecule has 4 rings (SSSR count). The van der Waals surface area contributed by atoms with Crippen LogP contribution < -0.4 is 4.90 Å². The van der Waals surface area contributed by atoms with E-state index in [4.69, 9.17) is 14.2 Å². The van der Waals surface area contributed by atoms with Gasteiger partial charge in [-0.05, 0) is 43.9 Å². The Morgan fingerprint density at radius 2 is 1.62 bits per heavy atom. The Hall–Kier alpha value is -0.200. The number of hydrogen-bond donors (Lipinski definition) is 2. The Kier molecular flexibility index (Phi) is 5.64. The van der Waals surface area contributed by atoms with Crippen LogP contribution in [0.5, 0.6) is 0 Å². The van der Waals surface area contributed by atoms with Crippen molar-refractivity contribution in [2.75, 3.05) is 34.4 Å². The second kappa shape index (κ2) is 7.67. The van der Waals surface area contributed by atoms with Gasteiger partial charge in [-0.15, -0.1) is 0 Å². The summed E-state index contributed by atoms with van der Waals surface area (Å²) in [6.07, 6.45) is 5.85. The lowest BCUT2D eigenvalue weighted by molar-refractivity contribution is -0.952. The standard InChI is InChI=1S/C21H37NO4/c1-12-14-5-6-18(24-2)21(26-4)16(14)11-22-8-7-13-9-17(23)19(25-3)10-15(13)20(12)22/h12-21,23H,5-11H2,1-4H3/p+1. The topological polar surface area (TPSA) is 52.4 Å². The van der Waals surface area contributed by atoms with Crippen molar-refractivity contribution in [1.82, 2.24) is 0 Å². The molecule has 0 aromatic heterocycles. The van der Waals surface area contributed by atoms with Crippen molar-refractivity contribution in [3.63, 3.8) is 0 Å². The van der Waals surface area contributed by atoms with E-state index in [9.17, 15) is 5.11 Å². The highest BCUT2D eigenvalue weighted by Gasteiger charge is 2.57. The first-order valence-corrected chi connectivity index (χ1v) is 10.7. The molecule has 0 aromatic carbocycles. The molecule has 5 heteroatoms. The summed E-state index contributed by atoms with van der Waals surface area (Å²) in [4.78, 5) is 1.78. The highest BCUT2D eigenvalue weighted by Crippen LogP contribution is 2.46. The van der Waals surface area contributed by atoms with Gasteiger partial charge in [0.15, 0.2) is 0 Å². The van der Waals surface area contributed by atoms with Gasteiger partial charge < -0.3 is 24.2 Å². The number of aliphatic hydroxyl groups excluding tert-OH is 1. The van der Waals surface area contributed by atoms with Gasteiger partial charge in [0.25, 0.3) is 0 Å². The summed E-state index contributed by atoms with van der Waals surface area (Å²) >= 11 is 0. The number of quaternary nitrogens is 1. The summed E-state index contributed by atoms with van der Waals surface area (Å²) in [6, 6.07) is 0.719. The van der Waals surface area contributed by atoms with Gasteiger partial charge in [-0.2, -0.15) is 0 Å². The van der Waals surface area contributed by atoms with Crippen LogP contribution in [0.15, 0.2) is 0 Å². The summed E-state index contributed by atoms with van der Waals surface area (Å²) in [5.41, 5.74) is 0. The minimum Gasteiger partial charge on any atom is -0.390 e. The number of ether oxygens (including phenoxy) is 3. The van der Waals surface area contributed by atoms with Crippen LogP contribution >= 0.6 is 0 Å². The molecule has 2 saturated carbocycles. The van der Waals surface area contributed by atoms with Crippen molar-refractivity contribution in [2.45, 2.75) is 69.5 Å². The number of aliphatic hydroxyl groups is 1. The van der Waals surface area contributed by atoms with Crippen LogP contribution in [-0.4, -0.2) is 70.0 Å².